The molecule has 20 heavy (non-hydrogen) atoms. The third-order valence-electron chi connectivity index (χ3n) is 2.43. The lowest BCUT2D eigenvalue weighted by Gasteiger charge is -2.16. The van der Waals surface area contributed by atoms with Crippen LogP contribution in [0.1, 0.15) is 0 Å². The molecule has 0 aliphatic rings. The summed E-state index contributed by atoms with van der Waals surface area (Å²) in [6.07, 6.45) is 0. The number of hydrogen-bond acceptors (Lipinski definition) is 4. The van der Waals surface area contributed by atoms with Crippen molar-refractivity contribution in [1.82, 2.24) is 4.90 Å². The minimum absolute atomic E-state index is 0.0708. The van der Waals surface area contributed by atoms with Gasteiger partial charge in [-0.2, -0.15) is 8.78 Å². The Morgan fingerprint density at radius 3 is 2.65 bits per heavy atom. The van der Waals surface area contributed by atoms with Gasteiger partial charge >= 0.3 is 11.8 Å². The maximum absolute atomic E-state index is 12.4. The molecule has 9 heteroatoms. The van der Waals surface area contributed by atoms with E-state index >= 15 is 0 Å². The van der Waals surface area contributed by atoms with Gasteiger partial charge in [0, 0.05) is 19.3 Å². The van der Waals surface area contributed by atoms with Crippen LogP contribution in [0.3, 0.4) is 0 Å². The molecule has 0 radical (unpaired) electrons. The Morgan fingerprint density at radius 1 is 1.45 bits per heavy atom. The summed E-state index contributed by atoms with van der Waals surface area (Å²) in [5.74, 6) is -3.52. The van der Waals surface area contributed by atoms with Gasteiger partial charge in [-0.25, -0.2) is 13.2 Å². The first-order valence-corrected chi connectivity index (χ1v) is 7.08. The summed E-state index contributed by atoms with van der Waals surface area (Å²) < 4.78 is 47.4. The number of carbonyl (C=O) groups excluding carboxylic acids is 1. The summed E-state index contributed by atoms with van der Waals surface area (Å²) in [5.41, 5.74) is 0.0708. The molecule has 1 rings (SSSR count). The van der Waals surface area contributed by atoms with Gasteiger partial charge in [-0.05, 0) is 18.2 Å². The van der Waals surface area contributed by atoms with E-state index in [1.807, 2.05) is 0 Å². The van der Waals surface area contributed by atoms with Crippen molar-refractivity contribution in [1.29, 1.82) is 0 Å². The number of alkyl halides is 2. The normalized spacial score (nSPS) is 11.4. The third kappa shape index (κ3) is 3.87. The largest absolute Gasteiger partial charge is 0.395 e. The van der Waals surface area contributed by atoms with Crippen LogP contribution in [0.15, 0.2) is 29.2 Å². The smallest absolute Gasteiger partial charge is 0.341 e. The van der Waals surface area contributed by atoms with E-state index in [0.29, 0.717) is 0 Å². The van der Waals surface area contributed by atoms with Gasteiger partial charge in [0.05, 0.1) is 11.5 Å². The highest BCUT2D eigenvalue weighted by molar-refractivity contribution is 7.91. The molecule has 1 aromatic rings. The van der Waals surface area contributed by atoms with Crippen LogP contribution in [0.25, 0.3) is 0 Å². The highest BCUT2D eigenvalue weighted by Crippen LogP contribution is 2.21. The maximum Gasteiger partial charge on any atom is 0.341 e. The molecule has 0 atom stereocenters. The first-order valence-electron chi connectivity index (χ1n) is 5.54. The second-order valence-electron chi connectivity index (χ2n) is 3.91. The number of carbonyl (C=O) groups is 1. The zero-order valence-corrected chi connectivity index (χ0v) is 11.4. The molecule has 0 aliphatic heterocycles. The van der Waals surface area contributed by atoms with Gasteiger partial charge in [-0.3, -0.25) is 0 Å². The zero-order chi connectivity index (χ0) is 15.3. The number of aliphatic hydroxyl groups excluding tert-OH is 1. The molecule has 0 aromatic heterocycles. The fraction of sp³-hybridized carbons (Fsp3) is 0.364. The van der Waals surface area contributed by atoms with Crippen molar-refractivity contribution in [3.8, 4) is 0 Å². The van der Waals surface area contributed by atoms with Crippen LogP contribution in [0.5, 0.6) is 0 Å². The van der Waals surface area contributed by atoms with Crippen molar-refractivity contribution < 1.29 is 27.1 Å². The van der Waals surface area contributed by atoms with E-state index in [1.54, 1.807) is 0 Å². The minimum Gasteiger partial charge on any atom is -0.395 e. The first-order chi connectivity index (χ1) is 9.28. The van der Waals surface area contributed by atoms with Gasteiger partial charge in [0.15, 0.2) is 0 Å². The topological polar surface area (TPSA) is 86.7 Å². The van der Waals surface area contributed by atoms with Crippen LogP contribution in [-0.4, -0.2) is 50.4 Å². The molecular formula is C11H14F2N2O4S. The fourth-order valence-electron chi connectivity index (χ4n) is 1.32. The van der Waals surface area contributed by atoms with Crippen LogP contribution in [0.2, 0.25) is 0 Å². The number of anilines is 1. The Morgan fingerprint density at radius 2 is 2.10 bits per heavy atom. The predicted octanol–water partition coefficient (Wildman–Crippen LogP) is 1.14. The number of likely N-dealkylation sites (N-methyl/N-ethyl adjacent to an activating group) is 1. The van der Waals surface area contributed by atoms with Crippen molar-refractivity contribution >= 4 is 21.6 Å². The second kappa shape index (κ2) is 6.62. The highest BCUT2D eigenvalue weighted by Gasteiger charge is 2.26. The molecule has 0 unspecified atom stereocenters. The molecule has 1 aromatic carbocycles. The number of sulfone groups is 1. The fourth-order valence-corrected chi connectivity index (χ4v) is 2.09. The van der Waals surface area contributed by atoms with E-state index in [0.717, 1.165) is 17.0 Å². The van der Waals surface area contributed by atoms with Gasteiger partial charge in [0.25, 0.3) is 0 Å². The summed E-state index contributed by atoms with van der Waals surface area (Å²) in [4.78, 5) is 12.2. The van der Waals surface area contributed by atoms with Crippen molar-refractivity contribution in [3.05, 3.63) is 24.3 Å². The lowest BCUT2D eigenvalue weighted by Crippen LogP contribution is -2.33. The van der Waals surface area contributed by atoms with Crippen LogP contribution < -0.4 is 5.32 Å². The lowest BCUT2D eigenvalue weighted by molar-refractivity contribution is 0.202. The third-order valence-corrected chi connectivity index (χ3v) is 3.81. The molecule has 6 nitrogen and oxygen atoms in total. The molecule has 2 N–H and O–H groups in total. The lowest BCUT2D eigenvalue weighted by atomic mass is 10.3. The number of benzene rings is 1. The predicted molar refractivity (Wildman–Crippen MR) is 68.4 cm³/mol. The van der Waals surface area contributed by atoms with Gasteiger partial charge in [-0.1, -0.05) is 6.07 Å². The van der Waals surface area contributed by atoms with Gasteiger partial charge in [0.2, 0.25) is 9.84 Å². The molecule has 0 fully saturated rings. The molecule has 0 aliphatic carbocycles. The highest BCUT2D eigenvalue weighted by atomic mass is 32.2. The van der Waals surface area contributed by atoms with Crippen LogP contribution in [0, 0.1) is 0 Å². The molecular weight excluding hydrogens is 294 g/mol. The first kappa shape index (κ1) is 16.3. The molecule has 0 saturated carbocycles. The Balaban J connectivity index is 2.92. The SMILES string of the molecule is CN(CCO)C(=O)Nc1cccc(S(=O)(=O)C(F)F)c1. The van der Waals surface area contributed by atoms with Crippen molar-refractivity contribution in [3.63, 3.8) is 0 Å². The van der Waals surface area contributed by atoms with E-state index in [2.05, 4.69) is 5.32 Å². The molecule has 0 saturated heterocycles. The van der Waals surface area contributed by atoms with Crippen LogP contribution >= 0.6 is 0 Å². The monoisotopic (exact) mass is 308 g/mol. The number of amides is 2. The molecule has 0 spiro atoms. The van der Waals surface area contributed by atoms with Gasteiger partial charge in [-0.15, -0.1) is 0 Å². The van der Waals surface area contributed by atoms with Gasteiger partial charge in [0.1, 0.15) is 0 Å². The number of aliphatic hydroxyl groups is 1. The zero-order valence-electron chi connectivity index (χ0n) is 10.6. The summed E-state index contributed by atoms with van der Waals surface area (Å²) in [6.45, 7) is -0.148. The summed E-state index contributed by atoms with van der Waals surface area (Å²) in [5, 5.41) is 11.0. The molecule has 112 valence electrons. The standard InChI is InChI=1S/C11H14F2N2O4S/c1-15(5-6-16)11(17)14-8-3-2-4-9(7-8)20(18,19)10(12)13/h2-4,7,10,16H,5-6H2,1H3,(H,14,17). The van der Waals surface area contributed by atoms with E-state index < -0.39 is 26.5 Å². The van der Waals surface area contributed by atoms with Crippen molar-refractivity contribution in [2.24, 2.45) is 0 Å². The molecule has 0 bridgehead atoms. The number of nitrogens with one attached hydrogen (secondary N) is 1. The Hall–Kier alpha value is -1.74. The second-order valence-corrected chi connectivity index (χ2v) is 5.83. The number of nitrogens with zero attached hydrogens (tertiary/aromatic N) is 1. The minimum atomic E-state index is -4.70. The number of hydrogen-bond donors (Lipinski definition) is 2. The average molecular weight is 308 g/mol. The van der Waals surface area contributed by atoms with Crippen LogP contribution in [0.4, 0.5) is 19.3 Å². The number of halogens is 2. The summed E-state index contributed by atoms with van der Waals surface area (Å²) in [7, 11) is -3.28. The molecule has 0 heterocycles. The van der Waals surface area contributed by atoms with E-state index in [1.165, 1.54) is 19.2 Å². The van der Waals surface area contributed by atoms with Gasteiger partial charge < -0.3 is 15.3 Å². The van der Waals surface area contributed by atoms with Crippen LogP contribution in [-0.2, 0) is 9.84 Å². The summed E-state index contributed by atoms with van der Waals surface area (Å²) in [6, 6.07) is 4.00. The Kier molecular flexibility index (Phi) is 5.40. The van der Waals surface area contributed by atoms with Crippen molar-refractivity contribution in [2.45, 2.75) is 10.7 Å². The quantitative estimate of drug-likeness (QED) is 0.854. The Labute approximate surface area is 114 Å². The molecule has 2 amide bonds. The van der Waals surface area contributed by atoms with E-state index in [9.17, 15) is 22.0 Å². The number of rotatable bonds is 5. The Bertz CT molecular complexity index is 578. The van der Waals surface area contributed by atoms with E-state index in [4.69, 9.17) is 5.11 Å². The maximum atomic E-state index is 12.4. The summed E-state index contributed by atoms with van der Waals surface area (Å²) >= 11 is 0. The number of urea groups is 1. The average Bonchev–Trinajstić information content (AvgIpc) is 2.39. The van der Waals surface area contributed by atoms with Crippen molar-refractivity contribution in [2.75, 3.05) is 25.5 Å². The van der Waals surface area contributed by atoms with E-state index in [-0.39, 0.29) is 18.8 Å².